The Hall–Kier alpha value is -2.93. The zero-order valence-corrected chi connectivity index (χ0v) is 15.1. The van der Waals surface area contributed by atoms with Crippen LogP contribution in [-0.2, 0) is 22.6 Å². The van der Waals surface area contributed by atoms with Gasteiger partial charge in [-0.3, -0.25) is 14.0 Å². The van der Waals surface area contributed by atoms with Crippen LogP contribution in [0.25, 0.3) is 15.9 Å². The first kappa shape index (κ1) is 16.5. The Balaban J connectivity index is 1.49. The van der Waals surface area contributed by atoms with Gasteiger partial charge in [-0.15, -0.1) is 11.3 Å². The molecule has 0 unspecified atom stereocenters. The smallest absolute Gasteiger partial charge is 0.310 e. The van der Waals surface area contributed by atoms with Gasteiger partial charge >= 0.3 is 5.97 Å². The number of nitrogens with zero attached hydrogens (tertiary/aromatic N) is 2. The summed E-state index contributed by atoms with van der Waals surface area (Å²) in [6, 6.07) is 5.35. The van der Waals surface area contributed by atoms with E-state index in [2.05, 4.69) is 4.98 Å². The van der Waals surface area contributed by atoms with Gasteiger partial charge in [-0.2, -0.15) is 0 Å². The number of carbonyl (C=O) groups is 1. The number of benzene rings is 1. The van der Waals surface area contributed by atoms with Crippen molar-refractivity contribution in [3.8, 4) is 0 Å². The Bertz CT molecular complexity index is 1190. The van der Waals surface area contributed by atoms with E-state index in [4.69, 9.17) is 9.15 Å². The van der Waals surface area contributed by atoms with Crippen molar-refractivity contribution in [2.45, 2.75) is 26.9 Å². The van der Waals surface area contributed by atoms with Gasteiger partial charge in [0.25, 0.3) is 5.56 Å². The van der Waals surface area contributed by atoms with E-state index in [1.54, 1.807) is 17.8 Å². The molecule has 0 aliphatic rings. The lowest BCUT2D eigenvalue weighted by Gasteiger charge is -2.04. The molecule has 0 fully saturated rings. The molecule has 0 saturated heterocycles. The number of hydrogen-bond donors (Lipinski definition) is 0. The topological polar surface area (TPSA) is 73.8 Å². The summed E-state index contributed by atoms with van der Waals surface area (Å²) in [4.78, 5) is 29.1. The third kappa shape index (κ3) is 2.90. The maximum Gasteiger partial charge on any atom is 0.310 e. The molecule has 4 aromatic rings. The van der Waals surface area contributed by atoms with Gasteiger partial charge in [0.2, 0.25) is 0 Å². The van der Waals surface area contributed by atoms with Crippen molar-refractivity contribution in [1.29, 1.82) is 0 Å². The van der Waals surface area contributed by atoms with Crippen molar-refractivity contribution >= 4 is 33.2 Å². The van der Waals surface area contributed by atoms with Crippen molar-refractivity contribution in [2.75, 3.05) is 0 Å². The molecule has 0 spiro atoms. The number of thiazole rings is 1. The van der Waals surface area contributed by atoms with Crippen LogP contribution in [0.5, 0.6) is 0 Å². The van der Waals surface area contributed by atoms with Crippen LogP contribution < -0.4 is 5.56 Å². The van der Waals surface area contributed by atoms with Crippen molar-refractivity contribution in [3.63, 3.8) is 0 Å². The monoisotopic (exact) mass is 368 g/mol. The summed E-state index contributed by atoms with van der Waals surface area (Å²) in [7, 11) is 0. The molecule has 3 heterocycles. The maximum absolute atomic E-state index is 12.2. The molecule has 26 heavy (non-hydrogen) atoms. The zero-order valence-electron chi connectivity index (χ0n) is 14.3. The summed E-state index contributed by atoms with van der Waals surface area (Å²) in [5, 5.41) is 2.70. The molecule has 0 bridgehead atoms. The standard InChI is InChI=1S/C19H16N2O4S/c1-11-3-4-15-13(9-25-18(15)12(11)2)7-17(23)24-10-14-8-16(22)21-5-6-26-19(21)20-14/h3-6,8-9H,7,10H2,1-2H3. The van der Waals surface area contributed by atoms with Crippen LogP contribution in [0, 0.1) is 13.8 Å². The third-order valence-corrected chi connectivity index (χ3v) is 5.17. The maximum atomic E-state index is 12.2. The summed E-state index contributed by atoms with van der Waals surface area (Å²) in [6.07, 6.45) is 3.37. The van der Waals surface area contributed by atoms with Gasteiger partial charge in [0.1, 0.15) is 12.2 Å². The Morgan fingerprint density at radius 3 is 3.04 bits per heavy atom. The van der Waals surface area contributed by atoms with Gasteiger partial charge in [0.05, 0.1) is 18.4 Å². The van der Waals surface area contributed by atoms with Crippen LogP contribution in [0.4, 0.5) is 0 Å². The summed E-state index contributed by atoms with van der Waals surface area (Å²) in [5.74, 6) is -0.390. The van der Waals surface area contributed by atoms with Crippen LogP contribution >= 0.6 is 11.3 Å². The summed E-state index contributed by atoms with van der Waals surface area (Å²) in [5.41, 5.74) is 4.04. The number of rotatable bonds is 4. The molecule has 0 aliphatic heterocycles. The zero-order chi connectivity index (χ0) is 18.3. The van der Waals surface area contributed by atoms with E-state index in [9.17, 15) is 9.59 Å². The molecule has 6 nitrogen and oxygen atoms in total. The number of aryl methyl sites for hydroxylation is 2. The Kier molecular flexibility index (Phi) is 4.08. The number of ether oxygens (including phenoxy) is 1. The van der Waals surface area contributed by atoms with E-state index in [0.29, 0.717) is 10.7 Å². The SMILES string of the molecule is Cc1ccc2c(CC(=O)OCc3cc(=O)n4ccsc4n3)coc2c1C. The van der Waals surface area contributed by atoms with Gasteiger partial charge in [0.15, 0.2) is 4.96 Å². The van der Waals surface area contributed by atoms with E-state index in [0.717, 1.165) is 27.7 Å². The highest BCUT2D eigenvalue weighted by molar-refractivity contribution is 7.15. The normalized spacial score (nSPS) is 11.3. The molecule has 4 rings (SSSR count). The number of carbonyl (C=O) groups excluding carboxylic acids is 1. The second kappa shape index (κ2) is 6.42. The number of hydrogen-bond acceptors (Lipinski definition) is 6. The minimum Gasteiger partial charge on any atom is -0.464 e. The van der Waals surface area contributed by atoms with E-state index < -0.39 is 0 Å². The van der Waals surface area contributed by atoms with E-state index in [-0.39, 0.29) is 24.6 Å². The second-order valence-corrected chi connectivity index (χ2v) is 7.00. The highest BCUT2D eigenvalue weighted by atomic mass is 32.1. The molecule has 0 N–H and O–H groups in total. The molecule has 0 atom stereocenters. The lowest BCUT2D eigenvalue weighted by atomic mass is 10.0. The van der Waals surface area contributed by atoms with Crippen LogP contribution in [-0.4, -0.2) is 15.4 Å². The summed E-state index contributed by atoms with van der Waals surface area (Å²) >= 11 is 1.36. The molecule has 132 valence electrons. The van der Waals surface area contributed by atoms with E-state index in [1.807, 2.05) is 26.0 Å². The van der Waals surface area contributed by atoms with Crippen LogP contribution in [0.2, 0.25) is 0 Å². The highest BCUT2D eigenvalue weighted by Gasteiger charge is 2.14. The van der Waals surface area contributed by atoms with E-state index in [1.165, 1.54) is 21.8 Å². The summed E-state index contributed by atoms with van der Waals surface area (Å²) < 4.78 is 12.4. The molecule has 0 radical (unpaired) electrons. The first-order chi connectivity index (χ1) is 12.5. The molecular formula is C19H16N2O4S. The van der Waals surface area contributed by atoms with E-state index >= 15 is 0 Å². The predicted octanol–water partition coefficient (Wildman–Crippen LogP) is 3.40. The van der Waals surface area contributed by atoms with Crippen molar-refractivity contribution in [1.82, 2.24) is 9.38 Å². The number of esters is 1. The molecule has 1 aromatic carbocycles. The molecule has 3 aromatic heterocycles. The average molecular weight is 368 g/mol. The van der Waals surface area contributed by atoms with Gasteiger partial charge in [-0.25, -0.2) is 4.98 Å². The Morgan fingerprint density at radius 1 is 1.35 bits per heavy atom. The minimum atomic E-state index is -0.390. The lowest BCUT2D eigenvalue weighted by Crippen LogP contribution is -2.15. The number of aromatic nitrogens is 2. The predicted molar refractivity (Wildman–Crippen MR) is 98.5 cm³/mol. The summed E-state index contributed by atoms with van der Waals surface area (Å²) in [6.45, 7) is 3.98. The number of fused-ring (bicyclic) bond motifs is 2. The third-order valence-electron chi connectivity index (χ3n) is 4.41. The largest absolute Gasteiger partial charge is 0.464 e. The number of furan rings is 1. The molecule has 0 saturated carbocycles. The Morgan fingerprint density at radius 2 is 2.19 bits per heavy atom. The first-order valence-corrected chi connectivity index (χ1v) is 8.98. The second-order valence-electron chi connectivity index (χ2n) is 6.12. The quantitative estimate of drug-likeness (QED) is 0.516. The van der Waals surface area contributed by atoms with Crippen molar-refractivity contribution in [3.05, 3.63) is 68.8 Å². The van der Waals surface area contributed by atoms with Crippen LogP contribution in [0.3, 0.4) is 0 Å². The fourth-order valence-electron chi connectivity index (χ4n) is 2.85. The van der Waals surface area contributed by atoms with Gasteiger partial charge < -0.3 is 9.15 Å². The Labute approximate surface area is 152 Å². The lowest BCUT2D eigenvalue weighted by molar-refractivity contribution is -0.144. The van der Waals surface area contributed by atoms with Gasteiger partial charge in [-0.05, 0) is 25.0 Å². The molecule has 0 aliphatic carbocycles. The fourth-order valence-corrected chi connectivity index (χ4v) is 3.59. The fraction of sp³-hybridized carbons (Fsp3) is 0.211. The molecule has 7 heteroatoms. The molecular weight excluding hydrogens is 352 g/mol. The van der Waals surface area contributed by atoms with Crippen molar-refractivity contribution in [2.24, 2.45) is 0 Å². The van der Waals surface area contributed by atoms with Gasteiger partial charge in [0, 0.05) is 28.6 Å². The highest BCUT2D eigenvalue weighted by Crippen LogP contribution is 2.27. The van der Waals surface area contributed by atoms with Gasteiger partial charge in [-0.1, -0.05) is 12.1 Å². The molecule has 0 amide bonds. The average Bonchev–Trinajstić information content (AvgIpc) is 3.24. The first-order valence-electron chi connectivity index (χ1n) is 8.10. The van der Waals surface area contributed by atoms with Crippen LogP contribution in [0.15, 0.2) is 45.3 Å². The van der Waals surface area contributed by atoms with Crippen LogP contribution in [0.1, 0.15) is 22.4 Å². The minimum absolute atomic E-state index is 0.0314. The van der Waals surface area contributed by atoms with Crippen molar-refractivity contribution < 1.29 is 13.9 Å².